The molecule has 0 bridgehead atoms. The fourth-order valence-electron chi connectivity index (χ4n) is 6.88. The zero-order valence-corrected chi connectivity index (χ0v) is 36.2. The summed E-state index contributed by atoms with van der Waals surface area (Å²) in [4.78, 5) is 35.2. The maximum Gasteiger partial charge on any atom is 0.472 e. The molecule has 0 spiro atoms. The molecule has 0 heterocycles. The molecular formula is C43H79O13P. The highest BCUT2D eigenvalue weighted by molar-refractivity contribution is 7.47. The van der Waals surface area contributed by atoms with Gasteiger partial charge in [-0.05, 0) is 43.9 Å². The monoisotopic (exact) mass is 835 g/mol. The molecule has 0 aromatic rings. The number of unbranched alkanes of at least 4 members (excludes halogenated alkanes) is 13. The first kappa shape index (κ1) is 53.3. The zero-order valence-electron chi connectivity index (χ0n) is 35.3. The van der Waals surface area contributed by atoms with E-state index in [0.717, 1.165) is 44.4 Å². The predicted octanol–water partition coefficient (Wildman–Crippen LogP) is 7.63. The van der Waals surface area contributed by atoms with Crippen LogP contribution in [0.4, 0.5) is 0 Å². The zero-order chi connectivity index (χ0) is 42.3. The van der Waals surface area contributed by atoms with Gasteiger partial charge in [-0.15, -0.1) is 0 Å². The van der Waals surface area contributed by atoms with Crippen LogP contribution in [0.25, 0.3) is 0 Å². The molecule has 1 rings (SSSR count). The second-order valence-electron chi connectivity index (χ2n) is 16.2. The highest BCUT2D eigenvalue weighted by atomic mass is 31.2. The van der Waals surface area contributed by atoms with Crippen molar-refractivity contribution >= 4 is 19.8 Å². The SMILES string of the molecule is CCCCC[C@H](O)/C=C/[C@@H]1[C@@H](C/C=C/CCCC(=O)O[C@H](COC(=O)CCCCCCCCCCCCCC(C)C)COP(=O)(O)OC[C@@H](O)CO)[C@@H](O)C[C@H]1O. The first-order valence-corrected chi connectivity index (χ1v) is 23.4. The molecule has 0 aromatic heterocycles. The molecule has 8 atom stereocenters. The molecule has 57 heavy (non-hydrogen) atoms. The molecule has 0 aromatic carbocycles. The standard InChI is InChI=1S/C43H79O13P/c1-4-5-17-23-35(45)27-28-39-38(40(47)29-41(39)48)24-19-15-16-21-26-43(50)56-37(33-55-57(51,52)54-31-36(46)30-44)32-53-42(49)25-20-14-12-10-8-6-7-9-11-13-18-22-34(2)3/h15,19,27-28,34-41,44-48H,4-14,16-18,20-26,29-33H2,1-3H3,(H,51,52)/b19-15+,28-27+/t35-,36-,37+,38+,39+,40-,41+/m0/s1. The highest BCUT2D eigenvalue weighted by Crippen LogP contribution is 2.43. The molecule has 334 valence electrons. The Kier molecular flexibility index (Phi) is 31.0. The summed E-state index contributed by atoms with van der Waals surface area (Å²) in [6.07, 6.45) is 22.5. The summed E-state index contributed by atoms with van der Waals surface area (Å²) >= 11 is 0. The number of aliphatic hydroxyl groups is 5. The van der Waals surface area contributed by atoms with Crippen LogP contribution < -0.4 is 0 Å². The summed E-state index contributed by atoms with van der Waals surface area (Å²) in [6.45, 7) is 4.31. The Bertz CT molecular complexity index is 1130. The number of phosphoric acid groups is 1. The minimum absolute atomic E-state index is 0.00904. The van der Waals surface area contributed by atoms with Crippen molar-refractivity contribution in [3.8, 4) is 0 Å². The van der Waals surface area contributed by atoms with Gasteiger partial charge in [0.2, 0.25) is 0 Å². The number of phosphoric ester groups is 1. The molecule has 0 radical (unpaired) electrons. The van der Waals surface area contributed by atoms with Crippen molar-refractivity contribution in [3.63, 3.8) is 0 Å². The van der Waals surface area contributed by atoms with Gasteiger partial charge in [-0.25, -0.2) is 4.57 Å². The topological polar surface area (TPSA) is 210 Å². The van der Waals surface area contributed by atoms with Crippen molar-refractivity contribution in [2.24, 2.45) is 17.8 Å². The largest absolute Gasteiger partial charge is 0.472 e. The van der Waals surface area contributed by atoms with Crippen LogP contribution in [0.1, 0.15) is 162 Å². The van der Waals surface area contributed by atoms with Crippen LogP contribution in [0.5, 0.6) is 0 Å². The lowest BCUT2D eigenvalue weighted by Crippen LogP contribution is -2.29. The third-order valence-electron chi connectivity index (χ3n) is 10.4. The number of aliphatic hydroxyl groups excluding tert-OH is 5. The van der Waals surface area contributed by atoms with E-state index in [1.807, 2.05) is 18.2 Å². The molecular weight excluding hydrogens is 755 g/mol. The van der Waals surface area contributed by atoms with Gasteiger partial charge in [0.25, 0.3) is 0 Å². The molecule has 1 aliphatic carbocycles. The minimum atomic E-state index is -4.68. The number of hydrogen-bond acceptors (Lipinski definition) is 12. The molecule has 1 unspecified atom stereocenters. The van der Waals surface area contributed by atoms with E-state index in [-0.39, 0.29) is 37.7 Å². The van der Waals surface area contributed by atoms with Crippen LogP contribution in [0.2, 0.25) is 0 Å². The quantitative estimate of drug-likeness (QED) is 0.0155. The normalized spacial score (nSPS) is 21.3. The highest BCUT2D eigenvalue weighted by Gasteiger charge is 2.39. The van der Waals surface area contributed by atoms with Crippen molar-refractivity contribution in [1.82, 2.24) is 0 Å². The van der Waals surface area contributed by atoms with Crippen molar-refractivity contribution < 1.29 is 63.1 Å². The Labute approximate surface area is 343 Å². The lowest BCUT2D eigenvalue weighted by Gasteiger charge is -2.20. The van der Waals surface area contributed by atoms with E-state index in [1.54, 1.807) is 6.08 Å². The lowest BCUT2D eigenvalue weighted by molar-refractivity contribution is -0.161. The van der Waals surface area contributed by atoms with E-state index in [1.165, 1.54) is 51.4 Å². The molecule has 0 saturated heterocycles. The Morgan fingerprint density at radius 2 is 1.35 bits per heavy atom. The second kappa shape index (κ2) is 33.1. The summed E-state index contributed by atoms with van der Waals surface area (Å²) in [6, 6.07) is 0. The van der Waals surface area contributed by atoms with E-state index in [4.69, 9.17) is 19.1 Å². The average molecular weight is 835 g/mol. The molecule has 13 nitrogen and oxygen atoms in total. The van der Waals surface area contributed by atoms with Crippen molar-refractivity contribution in [2.45, 2.75) is 193 Å². The molecule has 14 heteroatoms. The van der Waals surface area contributed by atoms with E-state index in [2.05, 4.69) is 25.3 Å². The van der Waals surface area contributed by atoms with Crippen molar-refractivity contribution in [3.05, 3.63) is 24.3 Å². The van der Waals surface area contributed by atoms with Gasteiger partial charge in [0.15, 0.2) is 6.10 Å². The summed E-state index contributed by atoms with van der Waals surface area (Å²) in [5, 5.41) is 49.7. The number of hydrogen-bond donors (Lipinski definition) is 6. The van der Waals surface area contributed by atoms with Crippen LogP contribution in [0.15, 0.2) is 24.3 Å². The van der Waals surface area contributed by atoms with Gasteiger partial charge in [0, 0.05) is 25.2 Å². The van der Waals surface area contributed by atoms with Crippen LogP contribution in [-0.2, 0) is 32.7 Å². The Morgan fingerprint density at radius 3 is 1.98 bits per heavy atom. The fourth-order valence-corrected chi connectivity index (χ4v) is 7.67. The Hall–Kier alpha value is -1.67. The molecule has 1 saturated carbocycles. The molecule has 1 aliphatic rings. The maximum atomic E-state index is 12.7. The summed E-state index contributed by atoms with van der Waals surface area (Å²) in [5.41, 5.74) is 0. The van der Waals surface area contributed by atoms with Gasteiger partial charge in [0.1, 0.15) is 12.7 Å². The molecule has 1 fully saturated rings. The van der Waals surface area contributed by atoms with Gasteiger partial charge in [0.05, 0.1) is 38.1 Å². The third kappa shape index (κ3) is 28.4. The van der Waals surface area contributed by atoms with Gasteiger partial charge < -0.3 is 39.9 Å². The molecule has 0 amide bonds. The second-order valence-corrected chi connectivity index (χ2v) is 17.6. The average Bonchev–Trinajstić information content (AvgIpc) is 3.44. The number of ether oxygens (including phenoxy) is 2. The maximum absolute atomic E-state index is 12.7. The first-order chi connectivity index (χ1) is 27.3. The number of rotatable bonds is 36. The Morgan fingerprint density at radius 1 is 0.754 bits per heavy atom. The van der Waals surface area contributed by atoms with Crippen molar-refractivity contribution in [1.29, 1.82) is 0 Å². The minimum Gasteiger partial charge on any atom is -0.462 e. The van der Waals surface area contributed by atoms with Gasteiger partial charge in [-0.2, -0.15) is 0 Å². The summed E-state index contributed by atoms with van der Waals surface area (Å²) in [7, 11) is -4.68. The van der Waals surface area contributed by atoms with Crippen LogP contribution >= 0.6 is 7.82 Å². The van der Waals surface area contributed by atoms with E-state index in [0.29, 0.717) is 32.1 Å². The van der Waals surface area contributed by atoms with Crippen LogP contribution in [-0.4, -0.2) is 99.3 Å². The summed E-state index contributed by atoms with van der Waals surface area (Å²) in [5.74, 6) is -0.787. The summed E-state index contributed by atoms with van der Waals surface area (Å²) < 4.78 is 32.7. The van der Waals surface area contributed by atoms with Gasteiger partial charge in [-0.3, -0.25) is 18.6 Å². The van der Waals surface area contributed by atoms with E-state index in [9.17, 15) is 39.5 Å². The Balaban J connectivity index is 2.49. The van der Waals surface area contributed by atoms with E-state index >= 15 is 0 Å². The smallest absolute Gasteiger partial charge is 0.462 e. The number of allylic oxidation sites excluding steroid dienone is 2. The fraction of sp³-hybridized carbons (Fsp3) is 0.860. The predicted molar refractivity (Wildman–Crippen MR) is 221 cm³/mol. The molecule has 6 N–H and O–H groups in total. The van der Waals surface area contributed by atoms with Crippen LogP contribution in [0, 0.1) is 17.8 Å². The van der Waals surface area contributed by atoms with E-state index < -0.39 is 70.1 Å². The van der Waals surface area contributed by atoms with Crippen molar-refractivity contribution in [2.75, 3.05) is 26.4 Å². The van der Waals surface area contributed by atoms with Gasteiger partial charge in [-0.1, -0.05) is 135 Å². The van der Waals surface area contributed by atoms with Crippen LogP contribution in [0.3, 0.4) is 0 Å². The lowest BCUT2D eigenvalue weighted by atomic mass is 9.89. The molecule has 0 aliphatic heterocycles. The third-order valence-corrected chi connectivity index (χ3v) is 11.3. The first-order valence-electron chi connectivity index (χ1n) is 21.9. The number of esters is 2. The number of carbonyl (C=O) groups excluding carboxylic acids is 2. The van der Waals surface area contributed by atoms with Gasteiger partial charge >= 0.3 is 19.8 Å². The number of carbonyl (C=O) groups is 2.